The molecule has 156 valence electrons. The van der Waals surface area contributed by atoms with Gasteiger partial charge >= 0.3 is 5.97 Å². The SMILES string of the molecule is CCOC(=O)c1cccc(OC[C@H](O)CN2CCN(C(=O)c3ccco3)CC2)c1. The van der Waals surface area contributed by atoms with Gasteiger partial charge in [0.1, 0.15) is 18.5 Å². The molecule has 1 saturated heterocycles. The van der Waals surface area contributed by atoms with Gasteiger partial charge in [0.15, 0.2) is 5.76 Å². The number of amides is 1. The van der Waals surface area contributed by atoms with Crippen molar-refractivity contribution in [2.24, 2.45) is 0 Å². The number of aliphatic hydroxyl groups excluding tert-OH is 1. The van der Waals surface area contributed by atoms with E-state index >= 15 is 0 Å². The molecule has 8 heteroatoms. The lowest BCUT2D eigenvalue weighted by Crippen LogP contribution is -2.50. The number of rotatable bonds is 8. The summed E-state index contributed by atoms with van der Waals surface area (Å²) in [7, 11) is 0. The molecule has 0 bridgehead atoms. The maximum absolute atomic E-state index is 12.3. The molecule has 29 heavy (non-hydrogen) atoms. The third-order valence-electron chi connectivity index (χ3n) is 4.65. The van der Waals surface area contributed by atoms with E-state index in [4.69, 9.17) is 13.9 Å². The Kier molecular flexibility index (Phi) is 7.26. The van der Waals surface area contributed by atoms with Gasteiger partial charge in [-0.3, -0.25) is 9.69 Å². The Bertz CT molecular complexity index is 799. The van der Waals surface area contributed by atoms with E-state index in [1.165, 1.54) is 6.26 Å². The lowest BCUT2D eigenvalue weighted by atomic mass is 10.2. The van der Waals surface area contributed by atoms with Crippen molar-refractivity contribution in [1.29, 1.82) is 0 Å². The predicted molar refractivity (Wildman–Crippen MR) is 105 cm³/mol. The molecule has 1 N–H and O–H groups in total. The van der Waals surface area contributed by atoms with Gasteiger partial charge in [0.2, 0.25) is 0 Å². The van der Waals surface area contributed by atoms with E-state index < -0.39 is 12.1 Å². The van der Waals surface area contributed by atoms with Crippen molar-refractivity contribution in [3.8, 4) is 5.75 Å². The Morgan fingerprint density at radius 2 is 1.97 bits per heavy atom. The van der Waals surface area contributed by atoms with Gasteiger partial charge in [0.25, 0.3) is 5.91 Å². The molecular formula is C21H26N2O6. The fourth-order valence-electron chi connectivity index (χ4n) is 3.16. The van der Waals surface area contributed by atoms with Crippen molar-refractivity contribution in [3.05, 3.63) is 54.0 Å². The van der Waals surface area contributed by atoms with Gasteiger partial charge < -0.3 is 23.9 Å². The number of benzene rings is 1. The molecule has 1 fully saturated rings. The van der Waals surface area contributed by atoms with Crippen molar-refractivity contribution in [2.75, 3.05) is 45.9 Å². The van der Waals surface area contributed by atoms with Crippen molar-refractivity contribution >= 4 is 11.9 Å². The quantitative estimate of drug-likeness (QED) is 0.671. The molecule has 2 heterocycles. The summed E-state index contributed by atoms with van der Waals surface area (Å²) in [6.45, 7) is 5.11. The number of furan rings is 1. The van der Waals surface area contributed by atoms with Gasteiger partial charge in [0.05, 0.1) is 18.4 Å². The molecule has 0 unspecified atom stereocenters. The van der Waals surface area contributed by atoms with E-state index in [1.807, 2.05) is 0 Å². The molecule has 0 saturated carbocycles. The molecule has 1 aromatic heterocycles. The zero-order valence-corrected chi connectivity index (χ0v) is 16.5. The first-order valence-electron chi connectivity index (χ1n) is 9.70. The van der Waals surface area contributed by atoms with Gasteiger partial charge in [-0.1, -0.05) is 6.07 Å². The topological polar surface area (TPSA) is 92.5 Å². The first kappa shape index (κ1) is 20.9. The molecule has 1 aliphatic rings. The molecule has 3 rings (SSSR count). The summed E-state index contributed by atoms with van der Waals surface area (Å²) >= 11 is 0. The van der Waals surface area contributed by atoms with E-state index in [0.717, 1.165) is 0 Å². The molecule has 1 aliphatic heterocycles. The highest BCUT2D eigenvalue weighted by Gasteiger charge is 2.24. The van der Waals surface area contributed by atoms with Crippen molar-refractivity contribution in [1.82, 2.24) is 9.80 Å². The maximum atomic E-state index is 12.3. The highest BCUT2D eigenvalue weighted by Crippen LogP contribution is 2.15. The number of nitrogens with zero attached hydrogens (tertiary/aromatic N) is 2. The van der Waals surface area contributed by atoms with Crippen LogP contribution >= 0.6 is 0 Å². The summed E-state index contributed by atoms with van der Waals surface area (Å²) in [5, 5.41) is 10.3. The molecule has 0 spiro atoms. The largest absolute Gasteiger partial charge is 0.491 e. The van der Waals surface area contributed by atoms with Crippen molar-refractivity contribution < 1.29 is 28.6 Å². The van der Waals surface area contributed by atoms with Crippen LogP contribution in [-0.4, -0.2) is 78.8 Å². The zero-order chi connectivity index (χ0) is 20.6. The Hall–Kier alpha value is -2.84. The Morgan fingerprint density at radius 3 is 2.66 bits per heavy atom. The van der Waals surface area contributed by atoms with Crippen LogP contribution < -0.4 is 4.74 Å². The van der Waals surface area contributed by atoms with Crippen molar-refractivity contribution in [2.45, 2.75) is 13.0 Å². The number of piperazine rings is 1. The minimum Gasteiger partial charge on any atom is -0.491 e. The van der Waals surface area contributed by atoms with E-state index in [2.05, 4.69) is 4.90 Å². The highest BCUT2D eigenvalue weighted by atomic mass is 16.5. The van der Waals surface area contributed by atoms with Crippen LogP contribution in [0.4, 0.5) is 0 Å². The monoisotopic (exact) mass is 402 g/mol. The second-order valence-electron chi connectivity index (χ2n) is 6.78. The Balaban J connectivity index is 1.41. The van der Waals surface area contributed by atoms with Crippen LogP contribution in [-0.2, 0) is 4.74 Å². The first-order valence-corrected chi connectivity index (χ1v) is 9.70. The van der Waals surface area contributed by atoms with Crippen LogP contribution in [0.5, 0.6) is 5.75 Å². The van der Waals surface area contributed by atoms with Crippen molar-refractivity contribution in [3.63, 3.8) is 0 Å². The van der Waals surface area contributed by atoms with Gasteiger partial charge in [-0.15, -0.1) is 0 Å². The minimum absolute atomic E-state index is 0.109. The number of esters is 1. The lowest BCUT2D eigenvalue weighted by molar-refractivity contribution is 0.0389. The molecule has 0 aliphatic carbocycles. The minimum atomic E-state index is -0.687. The number of carbonyl (C=O) groups excluding carboxylic acids is 2. The standard InChI is InChI=1S/C21H26N2O6/c1-2-27-21(26)16-5-3-6-18(13-16)29-15-17(24)14-22-8-10-23(11-9-22)20(25)19-7-4-12-28-19/h3-7,12-13,17,24H,2,8-11,14-15H2,1H3/t17-/m1/s1. The summed E-state index contributed by atoms with van der Waals surface area (Å²) in [5.74, 6) is 0.334. The van der Waals surface area contributed by atoms with E-state index in [0.29, 0.717) is 56.4 Å². The fraction of sp³-hybridized carbons (Fsp3) is 0.429. The van der Waals surface area contributed by atoms with E-state index in [1.54, 1.807) is 48.2 Å². The molecule has 1 atom stereocenters. The number of ether oxygens (including phenoxy) is 2. The van der Waals surface area contributed by atoms with Crippen LogP contribution in [0.2, 0.25) is 0 Å². The average Bonchev–Trinajstić information content (AvgIpc) is 3.28. The second-order valence-corrected chi connectivity index (χ2v) is 6.78. The second kappa shape index (κ2) is 10.1. The van der Waals surface area contributed by atoms with Gasteiger partial charge in [0, 0.05) is 32.7 Å². The third-order valence-corrected chi connectivity index (χ3v) is 4.65. The van der Waals surface area contributed by atoms with Gasteiger partial charge in [-0.05, 0) is 37.3 Å². The van der Waals surface area contributed by atoms with Crippen LogP contribution in [0.1, 0.15) is 27.8 Å². The lowest BCUT2D eigenvalue weighted by Gasteiger charge is -2.35. The Morgan fingerprint density at radius 1 is 1.17 bits per heavy atom. The van der Waals surface area contributed by atoms with Crippen LogP contribution in [0.3, 0.4) is 0 Å². The predicted octanol–water partition coefficient (Wildman–Crippen LogP) is 1.65. The van der Waals surface area contributed by atoms with Gasteiger partial charge in [-0.2, -0.15) is 0 Å². The molecule has 1 amide bonds. The van der Waals surface area contributed by atoms with Crippen LogP contribution in [0.25, 0.3) is 0 Å². The fourth-order valence-corrected chi connectivity index (χ4v) is 3.16. The molecular weight excluding hydrogens is 376 g/mol. The first-order chi connectivity index (χ1) is 14.1. The van der Waals surface area contributed by atoms with E-state index in [-0.39, 0.29) is 12.5 Å². The molecule has 8 nitrogen and oxygen atoms in total. The number of hydrogen-bond acceptors (Lipinski definition) is 7. The number of aliphatic hydroxyl groups is 1. The normalized spacial score (nSPS) is 15.7. The summed E-state index contributed by atoms with van der Waals surface area (Å²) in [5.41, 5.74) is 0.413. The highest BCUT2D eigenvalue weighted by molar-refractivity contribution is 5.91. The molecule has 2 aromatic rings. The Labute approximate surface area is 169 Å². The van der Waals surface area contributed by atoms with Gasteiger partial charge in [-0.25, -0.2) is 4.79 Å². The zero-order valence-electron chi connectivity index (χ0n) is 16.5. The van der Waals surface area contributed by atoms with E-state index in [9.17, 15) is 14.7 Å². The third kappa shape index (κ3) is 5.82. The summed E-state index contributed by atoms with van der Waals surface area (Å²) in [6.07, 6.45) is 0.802. The average molecular weight is 402 g/mol. The summed E-state index contributed by atoms with van der Waals surface area (Å²) in [6, 6.07) is 10.1. The summed E-state index contributed by atoms with van der Waals surface area (Å²) in [4.78, 5) is 27.9. The number of hydrogen-bond donors (Lipinski definition) is 1. The molecule has 0 radical (unpaired) electrons. The number of carbonyl (C=O) groups is 2. The van der Waals surface area contributed by atoms with Crippen LogP contribution in [0, 0.1) is 0 Å². The summed E-state index contributed by atoms with van der Waals surface area (Å²) < 4.78 is 15.8. The molecule has 1 aromatic carbocycles. The maximum Gasteiger partial charge on any atom is 0.338 e. The smallest absolute Gasteiger partial charge is 0.338 e. The number of β-amino-alcohol motifs (C(OH)–C–C–N with tert-alkyl or cyclic N) is 1. The van der Waals surface area contributed by atoms with Crippen LogP contribution in [0.15, 0.2) is 47.1 Å².